The van der Waals surface area contributed by atoms with Crippen molar-refractivity contribution in [1.82, 2.24) is 10.2 Å². The fourth-order valence-electron chi connectivity index (χ4n) is 2.68. The van der Waals surface area contributed by atoms with Crippen molar-refractivity contribution >= 4 is 23.4 Å². The maximum absolute atomic E-state index is 12.8. The van der Waals surface area contributed by atoms with Crippen LogP contribution in [0.2, 0.25) is 0 Å². The maximum atomic E-state index is 12.8. The van der Waals surface area contributed by atoms with Crippen molar-refractivity contribution in [3.8, 4) is 5.75 Å². The number of hydrogen-bond donors (Lipinski definition) is 3. The maximum Gasteiger partial charge on any atom is 0.252 e. The Morgan fingerprint density at radius 1 is 1.26 bits per heavy atom. The van der Waals surface area contributed by atoms with Gasteiger partial charge < -0.3 is 25.4 Å². The van der Waals surface area contributed by atoms with Crippen molar-refractivity contribution < 1.29 is 24.2 Å². The van der Waals surface area contributed by atoms with Crippen LogP contribution >= 0.6 is 0 Å². The Bertz CT molecular complexity index is 726. The van der Waals surface area contributed by atoms with Gasteiger partial charge in [0.25, 0.3) is 5.91 Å². The predicted molar refractivity (Wildman–Crippen MR) is 100 cm³/mol. The summed E-state index contributed by atoms with van der Waals surface area (Å²) in [7, 11) is 0. The fraction of sp³-hybridized carbons (Fsp3) is 0.421. The topological polar surface area (TPSA) is 108 Å². The van der Waals surface area contributed by atoms with Crippen LogP contribution in [0.1, 0.15) is 24.2 Å². The van der Waals surface area contributed by atoms with Gasteiger partial charge in [0.15, 0.2) is 0 Å². The van der Waals surface area contributed by atoms with Gasteiger partial charge in [-0.1, -0.05) is 20.4 Å². The molecule has 8 nitrogen and oxygen atoms in total. The summed E-state index contributed by atoms with van der Waals surface area (Å²) < 4.78 is 5.26. The Balaban J connectivity index is 2.15. The molecule has 1 aromatic carbocycles. The van der Waals surface area contributed by atoms with Crippen LogP contribution in [0, 0.1) is 5.92 Å². The highest BCUT2D eigenvalue weighted by molar-refractivity contribution is 6.02. The van der Waals surface area contributed by atoms with E-state index in [1.807, 2.05) is 13.8 Å². The zero-order chi connectivity index (χ0) is 20.0. The molecule has 0 radical (unpaired) electrons. The van der Waals surface area contributed by atoms with Gasteiger partial charge >= 0.3 is 0 Å². The van der Waals surface area contributed by atoms with Gasteiger partial charge in [-0.2, -0.15) is 0 Å². The zero-order valence-corrected chi connectivity index (χ0v) is 15.5. The first kappa shape index (κ1) is 20.4. The average Bonchev–Trinajstić information content (AvgIpc) is 2.67. The molecule has 3 amide bonds. The molecule has 1 aliphatic heterocycles. The summed E-state index contributed by atoms with van der Waals surface area (Å²) in [6, 6.07) is 3.39. The van der Waals surface area contributed by atoms with Crippen LogP contribution in [0.15, 0.2) is 30.9 Å². The Kier molecular flexibility index (Phi) is 6.95. The summed E-state index contributed by atoms with van der Waals surface area (Å²) in [5, 5.41) is 15.0. The minimum Gasteiger partial charge on any atom is -0.506 e. The number of amides is 3. The molecule has 0 spiro atoms. The second-order valence-corrected chi connectivity index (χ2v) is 6.56. The smallest absolute Gasteiger partial charge is 0.252 e. The first-order chi connectivity index (χ1) is 12.8. The van der Waals surface area contributed by atoms with Crippen molar-refractivity contribution in [2.75, 3.05) is 31.6 Å². The highest BCUT2D eigenvalue weighted by atomic mass is 16.5. The van der Waals surface area contributed by atoms with E-state index in [0.717, 1.165) is 6.08 Å². The Morgan fingerprint density at radius 3 is 2.52 bits per heavy atom. The van der Waals surface area contributed by atoms with E-state index >= 15 is 0 Å². The summed E-state index contributed by atoms with van der Waals surface area (Å²) in [5.74, 6) is -1.41. The van der Waals surface area contributed by atoms with Crippen LogP contribution in [0.25, 0.3) is 0 Å². The van der Waals surface area contributed by atoms with Crippen molar-refractivity contribution in [2.45, 2.75) is 19.9 Å². The van der Waals surface area contributed by atoms with E-state index in [4.69, 9.17) is 4.74 Å². The van der Waals surface area contributed by atoms with E-state index in [0.29, 0.717) is 26.3 Å². The van der Waals surface area contributed by atoms with Crippen molar-refractivity contribution in [3.05, 3.63) is 36.4 Å². The largest absolute Gasteiger partial charge is 0.506 e. The molecule has 1 fully saturated rings. The van der Waals surface area contributed by atoms with Gasteiger partial charge in [0.2, 0.25) is 11.8 Å². The van der Waals surface area contributed by atoms with E-state index in [-0.39, 0.29) is 28.8 Å². The predicted octanol–water partition coefficient (Wildman–Crippen LogP) is 1.13. The van der Waals surface area contributed by atoms with Crippen molar-refractivity contribution in [3.63, 3.8) is 0 Å². The average molecular weight is 375 g/mol. The number of carbonyl (C=O) groups excluding carboxylic acids is 3. The number of nitrogens with zero attached hydrogens (tertiary/aromatic N) is 1. The minimum atomic E-state index is -0.685. The minimum absolute atomic E-state index is 0.0909. The van der Waals surface area contributed by atoms with Crippen LogP contribution in [0.5, 0.6) is 5.75 Å². The summed E-state index contributed by atoms with van der Waals surface area (Å²) in [6.45, 7) is 9.01. The molecule has 1 aliphatic rings. The second-order valence-electron chi connectivity index (χ2n) is 6.56. The van der Waals surface area contributed by atoms with Gasteiger partial charge in [0, 0.05) is 18.7 Å². The quantitative estimate of drug-likeness (QED) is 0.510. The summed E-state index contributed by atoms with van der Waals surface area (Å²) in [6.07, 6.45) is 1.06. The summed E-state index contributed by atoms with van der Waals surface area (Å²) >= 11 is 0. The lowest BCUT2D eigenvalue weighted by Crippen LogP contribution is -2.53. The zero-order valence-electron chi connectivity index (χ0n) is 15.5. The SMILES string of the molecule is C=CC(=O)Nc1cc(C(=O)NC(C(=O)N2CCOCC2)C(C)C)ccc1O. The van der Waals surface area contributed by atoms with Gasteiger partial charge in [-0.15, -0.1) is 0 Å². The standard InChI is InChI=1S/C19H25N3O5/c1-4-16(24)20-14-11-13(5-6-15(14)23)18(25)21-17(12(2)3)19(26)22-7-9-27-10-8-22/h4-6,11-12,17,23H,1,7-10H2,2-3H3,(H,20,24)(H,21,25). The molecule has 1 saturated heterocycles. The molecule has 0 aromatic heterocycles. The number of aromatic hydroxyl groups is 1. The molecule has 1 aromatic rings. The Morgan fingerprint density at radius 2 is 1.93 bits per heavy atom. The molecule has 8 heteroatoms. The highest BCUT2D eigenvalue weighted by Crippen LogP contribution is 2.24. The molecule has 146 valence electrons. The van der Waals surface area contributed by atoms with Crippen LogP contribution in [-0.4, -0.2) is 60.1 Å². The van der Waals surface area contributed by atoms with Crippen LogP contribution in [0.3, 0.4) is 0 Å². The molecule has 1 heterocycles. The lowest BCUT2D eigenvalue weighted by Gasteiger charge is -2.32. The third-order valence-corrected chi connectivity index (χ3v) is 4.24. The molecule has 2 rings (SSSR count). The third-order valence-electron chi connectivity index (χ3n) is 4.24. The number of phenols is 1. The van der Waals surface area contributed by atoms with Crippen molar-refractivity contribution in [1.29, 1.82) is 0 Å². The van der Waals surface area contributed by atoms with E-state index in [1.165, 1.54) is 18.2 Å². The number of carbonyl (C=O) groups is 3. The number of phenolic OH excluding ortho intramolecular Hbond substituents is 1. The van der Waals surface area contributed by atoms with Crippen molar-refractivity contribution in [2.24, 2.45) is 5.92 Å². The Hall–Kier alpha value is -2.87. The molecule has 27 heavy (non-hydrogen) atoms. The summed E-state index contributed by atoms with van der Waals surface area (Å²) in [5.41, 5.74) is 0.306. The van der Waals surface area contributed by atoms with Gasteiger partial charge in [0.1, 0.15) is 11.8 Å². The van der Waals surface area contributed by atoms with Gasteiger partial charge in [-0.25, -0.2) is 0 Å². The molecule has 3 N–H and O–H groups in total. The highest BCUT2D eigenvalue weighted by Gasteiger charge is 2.30. The number of anilines is 1. The van der Waals surface area contributed by atoms with Crippen LogP contribution < -0.4 is 10.6 Å². The third kappa shape index (κ3) is 5.30. The number of hydrogen-bond acceptors (Lipinski definition) is 5. The molecular weight excluding hydrogens is 350 g/mol. The number of benzene rings is 1. The normalized spacial score (nSPS) is 15.1. The van der Waals surface area contributed by atoms with E-state index in [9.17, 15) is 19.5 Å². The Labute approximate surface area is 158 Å². The monoisotopic (exact) mass is 375 g/mol. The molecule has 0 aliphatic carbocycles. The van der Waals surface area contributed by atoms with Gasteiger partial charge in [-0.3, -0.25) is 14.4 Å². The molecule has 0 saturated carbocycles. The van der Waals surface area contributed by atoms with E-state index in [2.05, 4.69) is 17.2 Å². The van der Waals surface area contributed by atoms with E-state index in [1.54, 1.807) is 4.90 Å². The van der Waals surface area contributed by atoms with E-state index < -0.39 is 17.9 Å². The molecule has 1 unspecified atom stereocenters. The summed E-state index contributed by atoms with van der Waals surface area (Å²) in [4.78, 5) is 38.5. The second kappa shape index (κ2) is 9.18. The van der Waals surface area contributed by atoms with Crippen LogP contribution in [0.4, 0.5) is 5.69 Å². The molecular formula is C19H25N3O5. The van der Waals surface area contributed by atoms with Gasteiger partial charge in [0.05, 0.1) is 18.9 Å². The molecule has 0 bridgehead atoms. The number of ether oxygens (including phenoxy) is 1. The number of nitrogens with one attached hydrogen (secondary N) is 2. The lowest BCUT2D eigenvalue weighted by molar-refractivity contribution is -0.138. The first-order valence-corrected chi connectivity index (χ1v) is 8.77. The number of morpholine rings is 1. The van der Waals surface area contributed by atoms with Gasteiger partial charge in [-0.05, 0) is 30.2 Å². The van der Waals surface area contributed by atoms with Crippen LogP contribution in [-0.2, 0) is 14.3 Å². The fourth-order valence-corrected chi connectivity index (χ4v) is 2.68. The number of rotatable bonds is 6. The molecule has 1 atom stereocenters. The first-order valence-electron chi connectivity index (χ1n) is 8.77. The lowest BCUT2D eigenvalue weighted by atomic mass is 10.0.